The number of hydrogen-bond acceptors (Lipinski definition) is 3. The van der Waals surface area contributed by atoms with Crippen LogP contribution < -0.4 is 5.32 Å². The minimum absolute atomic E-state index is 0.420. The van der Waals surface area contributed by atoms with E-state index in [-0.39, 0.29) is 0 Å². The molecule has 1 aromatic heterocycles. The first kappa shape index (κ1) is 11.7. The SMILES string of the molecule is CCC(C)c1nc(C(CC)NC)cs1. The van der Waals surface area contributed by atoms with Crippen LogP contribution in [-0.4, -0.2) is 12.0 Å². The van der Waals surface area contributed by atoms with Crippen LogP contribution in [0.4, 0.5) is 0 Å². The van der Waals surface area contributed by atoms with Gasteiger partial charge in [-0.15, -0.1) is 11.3 Å². The molecule has 0 aliphatic rings. The monoisotopic (exact) mass is 212 g/mol. The summed E-state index contributed by atoms with van der Waals surface area (Å²) in [6, 6.07) is 0.420. The number of hydrogen-bond donors (Lipinski definition) is 1. The zero-order chi connectivity index (χ0) is 10.6. The molecular formula is C11H20N2S. The lowest BCUT2D eigenvalue weighted by molar-refractivity contribution is 0.560. The van der Waals surface area contributed by atoms with Gasteiger partial charge in [0.15, 0.2) is 0 Å². The molecule has 2 nitrogen and oxygen atoms in total. The van der Waals surface area contributed by atoms with Gasteiger partial charge < -0.3 is 5.32 Å². The quantitative estimate of drug-likeness (QED) is 0.810. The van der Waals surface area contributed by atoms with Crippen LogP contribution in [0, 0.1) is 0 Å². The van der Waals surface area contributed by atoms with Crippen molar-refractivity contribution in [1.82, 2.24) is 10.3 Å². The lowest BCUT2D eigenvalue weighted by Crippen LogP contribution is -2.15. The van der Waals surface area contributed by atoms with E-state index in [0.717, 1.165) is 6.42 Å². The number of nitrogens with one attached hydrogen (secondary N) is 1. The maximum absolute atomic E-state index is 4.68. The van der Waals surface area contributed by atoms with Crippen molar-refractivity contribution in [2.75, 3.05) is 7.05 Å². The molecule has 3 heteroatoms. The lowest BCUT2D eigenvalue weighted by atomic mass is 10.1. The van der Waals surface area contributed by atoms with Gasteiger partial charge in [-0.05, 0) is 19.9 Å². The van der Waals surface area contributed by atoms with E-state index in [4.69, 9.17) is 0 Å². The largest absolute Gasteiger partial charge is 0.312 e. The summed E-state index contributed by atoms with van der Waals surface area (Å²) in [6.07, 6.45) is 2.27. The van der Waals surface area contributed by atoms with Gasteiger partial charge in [-0.25, -0.2) is 4.98 Å². The van der Waals surface area contributed by atoms with E-state index < -0.39 is 0 Å². The third kappa shape index (κ3) is 2.55. The van der Waals surface area contributed by atoms with Crippen molar-refractivity contribution in [2.45, 2.75) is 45.6 Å². The van der Waals surface area contributed by atoms with Crippen molar-refractivity contribution in [2.24, 2.45) is 0 Å². The van der Waals surface area contributed by atoms with Gasteiger partial charge in [0.25, 0.3) is 0 Å². The van der Waals surface area contributed by atoms with Gasteiger partial charge >= 0.3 is 0 Å². The van der Waals surface area contributed by atoms with E-state index in [1.807, 2.05) is 7.05 Å². The Morgan fingerprint density at radius 1 is 1.43 bits per heavy atom. The van der Waals surface area contributed by atoms with Crippen LogP contribution in [0.2, 0.25) is 0 Å². The van der Waals surface area contributed by atoms with Crippen molar-refractivity contribution in [3.05, 3.63) is 16.1 Å². The van der Waals surface area contributed by atoms with Gasteiger partial charge in [-0.3, -0.25) is 0 Å². The molecule has 0 aliphatic heterocycles. The van der Waals surface area contributed by atoms with Gasteiger partial charge in [0.2, 0.25) is 0 Å². The zero-order valence-corrected chi connectivity index (χ0v) is 10.3. The molecule has 2 atom stereocenters. The Morgan fingerprint density at radius 2 is 2.14 bits per heavy atom. The highest BCUT2D eigenvalue weighted by atomic mass is 32.1. The average Bonchev–Trinajstić information content (AvgIpc) is 2.68. The Balaban J connectivity index is 2.76. The van der Waals surface area contributed by atoms with Gasteiger partial charge in [-0.1, -0.05) is 20.8 Å². The van der Waals surface area contributed by atoms with Crippen LogP contribution in [0.3, 0.4) is 0 Å². The van der Waals surface area contributed by atoms with Crippen LogP contribution >= 0.6 is 11.3 Å². The molecular weight excluding hydrogens is 192 g/mol. The van der Waals surface area contributed by atoms with Crippen LogP contribution in [0.5, 0.6) is 0 Å². The summed E-state index contributed by atoms with van der Waals surface area (Å²) in [5.74, 6) is 0.600. The van der Waals surface area contributed by atoms with Crippen LogP contribution in [0.1, 0.15) is 56.3 Å². The molecule has 0 saturated heterocycles. The topological polar surface area (TPSA) is 24.9 Å². The van der Waals surface area contributed by atoms with Gasteiger partial charge in [0, 0.05) is 17.3 Å². The Kier molecular flexibility index (Phi) is 4.55. The molecule has 0 bridgehead atoms. The van der Waals surface area contributed by atoms with Crippen molar-refractivity contribution in [3.63, 3.8) is 0 Å². The van der Waals surface area contributed by atoms with Crippen molar-refractivity contribution in [3.8, 4) is 0 Å². The smallest absolute Gasteiger partial charge is 0.0957 e. The minimum atomic E-state index is 0.420. The summed E-state index contributed by atoms with van der Waals surface area (Å²) in [4.78, 5) is 4.68. The summed E-state index contributed by atoms with van der Waals surface area (Å²) >= 11 is 1.79. The van der Waals surface area contributed by atoms with E-state index in [1.54, 1.807) is 11.3 Å². The fraction of sp³-hybridized carbons (Fsp3) is 0.727. The van der Waals surface area contributed by atoms with Crippen LogP contribution in [0.25, 0.3) is 0 Å². The average molecular weight is 212 g/mol. The normalized spacial score (nSPS) is 15.4. The third-order valence-corrected chi connectivity index (χ3v) is 3.78. The summed E-state index contributed by atoms with van der Waals surface area (Å²) in [5.41, 5.74) is 1.20. The fourth-order valence-corrected chi connectivity index (χ4v) is 2.44. The molecule has 0 amide bonds. The second kappa shape index (κ2) is 5.47. The molecule has 80 valence electrons. The summed E-state index contributed by atoms with van der Waals surface area (Å²) in [6.45, 7) is 6.63. The van der Waals surface area contributed by atoms with E-state index >= 15 is 0 Å². The summed E-state index contributed by atoms with van der Waals surface area (Å²) in [7, 11) is 2.00. The van der Waals surface area contributed by atoms with Crippen LogP contribution in [0.15, 0.2) is 5.38 Å². The highest BCUT2D eigenvalue weighted by molar-refractivity contribution is 7.09. The number of nitrogens with zero attached hydrogens (tertiary/aromatic N) is 1. The molecule has 1 rings (SSSR count). The van der Waals surface area contributed by atoms with Crippen molar-refractivity contribution in [1.29, 1.82) is 0 Å². The maximum Gasteiger partial charge on any atom is 0.0957 e. The first-order valence-electron chi connectivity index (χ1n) is 5.35. The molecule has 0 spiro atoms. The van der Waals surface area contributed by atoms with Gasteiger partial charge in [-0.2, -0.15) is 0 Å². The molecule has 0 saturated carbocycles. The van der Waals surface area contributed by atoms with E-state index in [2.05, 4.69) is 36.5 Å². The lowest BCUT2D eigenvalue weighted by Gasteiger charge is -2.10. The first-order valence-corrected chi connectivity index (χ1v) is 6.23. The number of rotatable bonds is 5. The molecule has 1 aromatic rings. The van der Waals surface area contributed by atoms with E-state index in [0.29, 0.717) is 12.0 Å². The highest BCUT2D eigenvalue weighted by Crippen LogP contribution is 2.25. The Hall–Kier alpha value is -0.410. The molecule has 1 heterocycles. The number of thiazole rings is 1. The Labute approximate surface area is 90.8 Å². The Bertz CT molecular complexity index is 266. The number of aromatic nitrogens is 1. The van der Waals surface area contributed by atoms with Gasteiger partial charge in [0.1, 0.15) is 0 Å². The molecule has 0 aromatic carbocycles. The highest BCUT2D eigenvalue weighted by Gasteiger charge is 2.13. The first-order chi connectivity index (χ1) is 6.72. The molecule has 14 heavy (non-hydrogen) atoms. The zero-order valence-electron chi connectivity index (χ0n) is 9.50. The summed E-state index contributed by atoms with van der Waals surface area (Å²) < 4.78 is 0. The predicted molar refractivity (Wildman–Crippen MR) is 62.9 cm³/mol. The predicted octanol–water partition coefficient (Wildman–Crippen LogP) is 3.33. The molecule has 1 N–H and O–H groups in total. The minimum Gasteiger partial charge on any atom is -0.312 e. The van der Waals surface area contributed by atoms with E-state index in [1.165, 1.54) is 17.1 Å². The van der Waals surface area contributed by atoms with Crippen LogP contribution in [-0.2, 0) is 0 Å². The van der Waals surface area contributed by atoms with Gasteiger partial charge in [0.05, 0.1) is 10.7 Å². The van der Waals surface area contributed by atoms with Crippen molar-refractivity contribution >= 4 is 11.3 Å². The Morgan fingerprint density at radius 3 is 2.64 bits per heavy atom. The maximum atomic E-state index is 4.68. The molecule has 2 unspecified atom stereocenters. The fourth-order valence-electron chi connectivity index (χ4n) is 1.42. The molecule has 0 aliphatic carbocycles. The van der Waals surface area contributed by atoms with E-state index in [9.17, 15) is 0 Å². The second-order valence-corrected chi connectivity index (χ2v) is 4.56. The third-order valence-electron chi connectivity index (χ3n) is 2.69. The standard InChI is InChI=1S/C11H20N2S/c1-5-8(3)11-13-10(7-14-11)9(6-2)12-4/h7-9,12H,5-6H2,1-4H3. The summed E-state index contributed by atoms with van der Waals surface area (Å²) in [5, 5.41) is 6.74. The second-order valence-electron chi connectivity index (χ2n) is 3.67. The van der Waals surface area contributed by atoms with Crippen molar-refractivity contribution < 1.29 is 0 Å². The molecule has 0 fully saturated rings. The molecule has 0 radical (unpaired) electrons.